The largest absolute Gasteiger partial charge is 0.407 e. The molecule has 0 bridgehead atoms. The second kappa shape index (κ2) is 8.72. The van der Waals surface area contributed by atoms with E-state index in [1.54, 1.807) is 12.1 Å². The Morgan fingerprint density at radius 2 is 1.79 bits per heavy atom. The number of amides is 1. The van der Waals surface area contributed by atoms with Gasteiger partial charge in [0.05, 0.1) is 11.3 Å². The van der Waals surface area contributed by atoms with E-state index in [0.29, 0.717) is 17.9 Å². The lowest BCUT2D eigenvalue weighted by molar-refractivity contribution is -0.384. The predicted molar refractivity (Wildman–Crippen MR) is 104 cm³/mol. The lowest BCUT2D eigenvalue weighted by Crippen LogP contribution is -2.07. The van der Waals surface area contributed by atoms with Gasteiger partial charge in [0.25, 0.3) is 11.6 Å². The monoisotopic (exact) mass is 378 g/mol. The summed E-state index contributed by atoms with van der Waals surface area (Å²) in [6.45, 7) is 2.10. The number of anilines is 1. The summed E-state index contributed by atoms with van der Waals surface area (Å²) in [5.41, 5.74) is 2.94. The van der Waals surface area contributed by atoms with Crippen molar-refractivity contribution in [3.05, 3.63) is 87.3 Å². The fraction of sp³-hybridized carbons (Fsp3) is 0.150. The zero-order valence-corrected chi connectivity index (χ0v) is 15.2. The lowest BCUT2D eigenvalue weighted by Gasteiger charge is -1.99. The van der Waals surface area contributed by atoms with E-state index in [9.17, 15) is 14.9 Å². The van der Waals surface area contributed by atoms with E-state index < -0.39 is 10.8 Å². The molecule has 0 atom stereocenters. The molecule has 0 fully saturated rings. The summed E-state index contributed by atoms with van der Waals surface area (Å²) < 4.78 is 5.45. The van der Waals surface area contributed by atoms with E-state index in [1.165, 1.54) is 29.8 Å². The zero-order chi connectivity index (χ0) is 19.9. The maximum absolute atomic E-state index is 12.0. The smallest absolute Gasteiger partial charge is 0.322 e. The normalized spacial score (nSPS) is 10.9. The van der Waals surface area contributed by atoms with Crippen LogP contribution in [0, 0.1) is 10.1 Å². The minimum Gasteiger partial charge on any atom is -0.407 e. The van der Waals surface area contributed by atoms with Crippen LogP contribution < -0.4 is 5.32 Å². The van der Waals surface area contributed by atoms with Gasteiger partial charge in [0.2, 0.25) is 5.89 Å². The van der Waals surface area contributed by atoms with Crippen LogP contribution in [0.25, 0.3) is 6.08 Å². The number of carbonyl (C=O) groups excluding carboxylic acids is 1. The van der Waals surface area contributed by atoms with Gasteiger partial charge in [-0.1, -0.05) is 36.3 Å². The molecule has 0 aliphatic heterocycles. The molecule has 1 N–H and O–H groups in total. The van der Waals surface area contributed by atoms with Crippen molar-refractivity contribution in [1.29, 1.82) is 0 Å². The highest BCUT2D eigenvalue weighted by Crippen LogP contribution is 2.14. The van der Waals surface area contributed by atoms with Crippen molar-refractivity contribution < 1.29 is 14.1 Å². The van der Waals surface area contributed by atoms with Crippen LogP contribution in [0.15, 0.2) is 59.0 Å². The molecule has 28 heavy (non-hydrogen) atoms. The molecule has 142 valence electrons. The van der Waals surface area contributed by atoms with Gasteiger partial charge < -0.3 is 4.42 Å². The molecule has 2 aromatic carbocycles. The van der Waals surface area contributed by atoms with E-state index >= 15 is 0 Å². The topological polar surface area (TPSA) is 111 Å². The third-order valence-electron chi connectivity index (χ3n) is 4.01. The fourth-order valence-electron chi connectivity index (χ4n) is 2.47. The van der Waals surface area contributed by atoms with Crippen LogP contribution >= 0.6 is 0 Å². The van der Waals surface area contributed by atoms with Crippen LogP contribution in [0.5, 0.6) is 0 Å². The molecule has 0 saturated carbocycles. The van der Waals surface area contributed by atoms with Gasteiger partial charge in [0, 0.05) is 18.2 Å². The average molecular weight is 378 g/mol. The van der Waals surface area contributed by atoms with E-state index in [2.05, 4.69) is 34.6 Å². The van der Waals surface area contributed by atoms with E-state index in [0.717, 1.165) is 12.0 Å². The van der Waals surface area contributed by atoms with Crippen molar-refractivity contribution in [2.45, 2.75) is 19.8 Å². The first-order valence-corrected chi connectivity index (χ1v) is 8.67. The zero-order valence-electron chi connectivity index (χ0n) is 15.2. The van der Waals surface area contributed by atoms with E-state index in [4.69, 9.17) is 4.42 Å². The Hall–Kier alpha value is -3.81. The summed E-state index contributed by atoms with van der Waals surface area (Å²) in [5, 5.41) is 20.9. The Morgan fingerprint density at radius 3 is 2.43 bits per heavy atom. The summed E-state index contributed by atoms with van der Waals surface area (Å²) in [6.07, 6.45) is 4.27. The van der Waals surface area contributed by atoms with Crippen LogP contribution in [-0.2, 0) is 17.6 Å². The van der Waals surface area contributed by atoms with Gasteiger partial charge in [-0.15, -0.1) is 5.10 Å². The number of nitrogens with one attached hydrogen (secondary N) is 1. The van der Waals surface area contributed by atoms with Crippen LogP contribution in [-0.4, -0.2) is 21.0 Å². The van der Waals surface area contributed by atoms with Crippen LogP contribution in [0.2, 0.25) is 0 Å². The Morgan fingerprint density at radius 1 is 1.11 bits per heavy atom. The number of aromatic nitrogens is 2. The highest BCUT2D eigenvalue weighted by Gasteiger charge is 2.09. The number of nitro benzene ring substituents is 1. The van der Waals surface area contributed by atoms with Crippen LogP contribution in [0.3, 0.4) is 0 Å². The SMILES string of the molecule is CCc1ccc(Cc2nnc(NC(=O)/C=C/c3ccc([N+](=O)[O-])cc3)o2)cc1. The quantitative estimate of drug-likeness (QED) is 0.380. The number of nitro groups is 1. The number of benzene rings is 2. The van der Waals surface area contributed by atoms with Crippen molar-refractivity contribution in [2.24, 2.45) is 0 Å². The number of nitrogens with zero attached hydrogens (tertiary/aromatic N) is 3. The van der Waals surface area contributed by atoms with Crippen molar-refractivity contribution in [3.63, 3.8) is 0 Å². The average Bonchev–Trinajstić information content (AvgIpc) is 3.14. The van der Waals surface area contributed by atoms with Crippen molar-refractivity contribution in [3.8, 4) is 0 Å². The Balaban J connectivity index is 1.56. The minimum absolute atomic E-state index is 0.00988. The third-order valence-corrected chi connectivity index (χ3v) is 4.01. The summed E-state index contributed by atoms with van der Waals surface area (Å²) in [7, 11) is 0. The summed E-state index contributed by atoms with van der Waals surface area (Å²) in [4.78, 5) is 22.1. The van der Waals surface area contributed by atoms with Gasteiger partial charge in [-0.05, 0) is 41.3 Å². The van der Waals surface area contributed by atoms with E-state index in [1.807, 2.05) is 12.1 Å². The van der Waals surface area contributed by atoms with Crippen molar-refractivity contribution in [2.75, 3.05) is 5.32 Å². The third kappa shape index (κ3) is 5.10. The number of hydrogen-bond donors (Lipinski definition) is 1. The second-order valence-corrected chi connectivity index (χ2v) is 6.02. The molecule has 3 rings (SSSR count). The molecule has 1 amide bonds. The van der Waals surface area contributed by atoms with Crippen LogP contribution in [0.1, 0.15) is 29.5 Å². The van der Waals surface area contributed by atoms with Gasteiger partial charge in [-0.2, -0.15) is 0 Å². The molecule has 0 aliphatic rings. The first-order valence-electron chi connectivity index (χ1n) is 8.67. The van der Waals surface area contributed by atoms with Gasteiger partial charge >= 0.3 is 6.01 Å². The number of hydrogen-bond acceptors (Lipinski definition) is 6. The maximum atomic E-state index is 12.0. The van der Waals surface area contributed by atoms with Crippen molar-refractivity contribution >= 4 is 23.7 Å². The predicted octanol–water partition coefficient (Wildman–Crippen LogP) is 3.78. The summed E-state index contributed by atoms with van der Waals surface area (Å²) in [6, 6.07) is 14.0. The molecular weight excluding hydrogens is 360 g/mol. The molecule has 0 saturated heterocycles. The standard InChI is InChI=1S/C20H18N4O4/c1-2-14-3-5-16(6-4-14)13-19-22-23-20(28-19)21-18(25)12-9-15-7-10-17(11-8-15)24(26)27/h3-12H,2,13H2,1H3,(H,21,23,25)/b12-9+. The van der Waals surface area contributed by atoms with Crippen molar-refractivity contribution in [1.82, 2.24) is 10.2 Å². The van der Waals surface area contributed by atoms with E-state index in [-0.39, 0.29) is 11.7 Å². The molecule has 1 heterocycles. The molecule has 1 aromatic heterocycles. The van der Waals surface area contributed by atoms with Gasteiger partial charge in [-0.3, -0.25) is 20.2 Å². The minimum atomic E-state index is -0.481. The molecule has 0 unspecified atom stereocenters. The molecule has 3 aromatic rings. The van der Waals surface area contributed by atoms with Gasteiger partial charge in [0.15, 0.2) is 0 Å². The molecule has 0 radical (unpaired) electrons. The Labute approximate surface area is 161 Å². The van der Waals surface area contributed by atoms with Crippen LogP contribution in [0.4, 0.5) is 11.7 Å². The molecule has 8 heteroatoms. The first kappa shape index (κ1) is 19.0. The molecule has 0 spiro atoms. The Bertz CT molecular complexity index is 992. The number of aryl methyl sites for hydroxylation is 1. The molecule has 8 nitrogen and oxygen atoms in total. The highest BCUT2D eigenvalue weighted by molar-refractivity contribution is 6.00. The fourth-order valence-corrected chi connectivity index (χ4v) is 2.47. The lowest BCUT2D eigenvalue weighted by atomic mass is 10.1. The summed E-state index contributed by atoms with van der Waals surface area (Å²) >= 11 is 0. The highest BCUT2D eigenvalue weighted by atomic mass is 16.6. The summed E-state index contributed by atoms with van der Waals surface area (Å²) in [5.74, 6) is -0.0419. The maximum Gasteiger partial charge on any atom is 0.322 e. The molecular formula is C20H18N4O4. The van der Waals surface area contributed by atoms with Gasteiger partial charge in [0.1, 0.15) is 0 Å². The number of carbonyl (C=O) groups is 1. The molecule has 0 aliphatic carbocycles. The number of rotatable bonds is 7. The first-order chi connectivity index (χ1) is 13.5. The Kier molecular flexibility index (Phi) is 5.91. The number of non-ortho nitro benzene ring substituents is 1. The van der Waals surface area contributed by atoms with Gasteiger partial charge in [-0.25, -0.2) is 0 Å². The second-order valence-electron chi connectivity index (χ2n) is 6.02.